The van der Waals surface area contributed by atoms with E-state index in [-0.39, 0.29) is 83.2 Å². The number of hydrogen-bond acceptors (Lipinski definition) is 18. The van der Waals surface area contributed by atoms with Crippen molar-refractivity contribution in [3.63, 3.8) is 0 Å². The Hall–Kier alpha value is -8.60. The van der Waals surface area contributed by atoms with Crippen LogP contribution in [0.1, 0.15) is 118 Å². The number of β-amino-alcohol motifs (C(OH)–C–C–N with tert-alkyl or cyclic N) is 1. The van der Waals surface area contributed by atoms with Gasteiger partial charge in [0.2, 0.25) is 29.6 Å². The number of aromatic nitrogens is 4. The summed E-state index contributed by atoms with van der Waals surface area (Å²) in [4.78, 5) is 119. The van der Waals surface area contributed by atoms with Crippen LogP contribution < -0.4 is 41.2 Å². The lowest BCUT2D eigenvalue weighted by atomic mass is 9.80. The number of halogens is 3. The van der Waals surface area contributed by atoms with Crippen LogP contribution in [0, 0.1) is 5.92 Å². The van der Waals surface area contributed by atoms with E-state index in [9.17, 15) is 56.6 Å². The zero-order valence-corrected chi connectivity index (χ0v) is 54.8. The SMILES string of the molecule is COC(=O)[C@H](CCC(=O)NCCCCCCC(=O)NCCSSC(C)CCC(=O)N1C[C@H](O)C[C@H]1COC(c1ccccc1)(c1ccc(OC)cc1)c1ccc(OC)cc1)NC(=O)c1ccc(N(Cc2cnc3nc(NC(=O)C(C)C)[nH]c(=O)c3n2)C(=O)C(F)(F)F)cc1. The normalized spacial score (nSPS) is 14.6. The van der Waals surface area contributed by atoms with Gasteiger partial charge in [-0.1, -0.05) is 110 Å². The second-order valence-corrected chi connectivity index (χ2v) is 25.6. The third-order valence-corrected chi connectivity index (χ3v) is 18.4. The molecule has 4 atom stereocenters. The first-order valence-electron chi connectivity index (χ1n) is 30.7. The first kappa shape index (κ1) is 72.8. The summed E-state index contributed by atoms with van der Waals surface area (Å²) in [5.41, 5.74) is -0.541. The molecule has 1 unspecified atom stereocenters. The number of likely N-dealkylation sites (tertiary alicyclic amines) is 1. The summed E-state index contributed by atoms with van der Waals surface area (Å²) in [7, 11) is 7.61. The highest BCUT2D eigenvalue weighted by molar-refractivity contribution is 8.76. The largest absolute Gasteiger partial charge is 0.497 e. The summed E-state index contributed by atoms with van der Waals surface area (Å²) in [6.07, 6.45) is -0.960. The number of ether oxygens (including phenoxy) is 4. The Morgan fingerprint density at radius 2 is 1.39 bits per heavy atom. The lowest BCUT2D eigenvalue weighted by Gasteiger charge is -2.38. The number of methoxy groups -OCH3 is 3. The molecule has 6 amide bonds. The summed E-state index contributed by atoms with van der Waals surface area (Å²) in [6, 6.07) is 28.2. The number of anilines is 2. The van der Waals surface area contributed by atoms with Gasteiger partial charge < -0.3 is 44.9 Å². The standard InChI is InChI=1S/C66H79F3N10O13S2/c1-41(2)59(84)76-64-75-58-57(61(86)77-64)73-47(37-72-58)38-79(63(88)66(67,68)69)48-24-18-43(19-25-48)60(85)74-53(62(87)91-6)30-31-55(82)70-33-13-8-7-12-16-54(81)71-34-35-93-94-42(3)17-32-56(83)78-39-50(80)36-49(78)40-92-65(44-14-10-9-11-15-44,45-20-26-51(89-4)27-21-45)46-22-28-52(90-5)29-23-46/h9-11,14-15,18-29,37,41-42,49-50,53,80H,7-8,12-13,16-17,30-36,38-40H2,1-6H3,(H,70,82)(H,71,81)(H,74,85)(H2,72,75,76,77,84,86)/t42?,49-,50+,53-/m0/s1. The van der Waals surface area contributed by atoms with Gasteiger partial charge in [0.25, 0.3) is 11.5 Å². The zero-order valence-electron chi connectivity index (χ0n) is 53.1. The fraction of sp³-hybridized carbons (Fsp3) is 0.439. The van der Waals surface area contributed by atoms with Gasteiger partial charge in [-0.05, 0) is 97.3 Å². The summed E-state index contributed by atoms with van der Waals surface area (Å²) in [6.45, 7) is 5.67. The van der Waals surface area contributed by atoms with Crippen LogP contribution in [0.2, 0.25) is 0 Å². The molecule has 23 nitrogen and oxygen atoms in total. The molecule has 0 saturated carbocycles. The predicted molar refractivity (Wildman–Crippen MR) is 350 cm³/mol. The van der Waals surface area contributed by atoms with E-state index in [1.807, 2.05) is 78.9 Å². The maximum absolute atomic E-state index is 13.9. The van der Waals surface area contributed by atoms with Crippen LogP contribution in [0.15, 0.2) is 114 Å². The molecule has 2 aromatic heterocycles. The van der Waals surface area contributed by atoms with Crippen LogP contribution in [0.25, 0.3) is 11.2 Å². The van der Waals surface area contributed by atoms with E-state index in [0.717, 1.165) is 67.1 Å². The van der Waals surface area contributed by atoms with Crippen LogP contribution in [0.3, 0.4) is 0 Å². The van der Waals surface area contributed by atoms with Crippen molar-refractivity contribution in [3.8, 4) is 11.5 Å². The number of nitrogens with zero attached hydrogens (tertiary/aromatic N) is 5. The van der Waals surface area contributed by atoms with Crippen molar-refractivity contribution in [2.45, 2.75) is 127 Å². The van der Waals surface area contributed by atoms with E-state index in [1.54, 1.807) is 54.6 Å². The zero-order chi connectivity index (χ0) is 68.0. The molecule has 28 heteroatoms. The highest BCUT2D eigenvalue weighted by Gasteiger charge is 2.44. The van der Waals surface area contributed by atoms with Crippen molar-refractivity contribution in [1.82, 2.24) is 40.8 Å². The third-order valence-electron chi connectivity index (χ3n) is 15.5. The van der Waals surface area contributed by atoms with Crippen LogP contribution in [0.5, 0.6) is 11.5 Å². The fourth-order valence-corrected chi connectivity index (χ4v) is 12.6. The maximum atomic E-state index is 13.9. The molecule has 1 aliphatic rings. The molecule has 7 rings (SSSR count). The number of amides is 6. The Bertz CT molecular complexity index is 3540. The molecule has 1 saturated heterocycles. The monoisotopic (exact) mass is 1340 g/mol. The molecule has 0 aliphatic carbocycles. The Morgan fingerprint density at radius 1 is 0.766 bits per heavy atom. The molecule has 0 spiro atoms. The lowest BCUT2D eigenvalue weighted by molar-refractivity contribution is -0.170. The topological polar surface area (TPSA) is 303 Å². The maximum Gasteiger partial charge on any atom is 0.471 e. The average molecular weight is 1340 g/mol. The number of fused-ring (bicyclic) bond motifs is 1. The average Bonchev–Trinajstić information content (AvgIpc) is 0.845. The molecular weight excluding hydrogens is 1260 g/mol. The molecule has 1 aliphatic heterocycles. The molecule has 0 radical (unpaired) electrons. The minimum atomic E-state index is -5.35. The van der Waals surface area contributed by atoms with Gasteiger partial charge in [0.05, 0.1) is 58.5 Å². The number of unbranched alkanes of at least 4 members (excludes halogenated alkanes) is 3. The van der Waals surface area contributed by atoms with Crippen LogP contribution in [-0.2, 0) is 50.4 Å². The van der Waals surface area contributed by atoms with Crippen molar-refractivity contribution in [1.29, 1.82) is 0 Å². The number of benzene rings is 4. The fourth-order valence-electron chi connectivity index (χ4n) is 10.4. The van der Waals surface area contributed by atoms with Crippen LogP contribution in [0.4, 0.5) is 24.8 Å². The highest BCUT2D eigenvalue weighted by Crippen LogP contribution is 2.43. The summed E-state index contributed by atoms with van der Waals surface area (Å²) >= 11 is 0. The molecule has 6 aromatic rings. The molecule has 1 fully saturated rings. The van der Waals surface area contributed by atoms with E-state index in [1.165, 1.54) is 0 Å². The van der Waals surface area contributed by atoms with E-state index in [4.69, 9.17) is 18.9 Å². The lowest BCUT2D eigenvalue weighted by Crippen LogP contribution is -2.42. The van der Waals surface area contributed by atoms with Crippen LogP contribution in [-0.4, -0.2) is 154 Å². The number of H-pyrrole nitrogens is 1. The van der Waals surface area contributed by atoms with E-state index in [0.29, 0.717) is 73.8 Å². The third kappa shape index (κ3) is 20.5. The summed E-state index contributed by atoms with van der Waals surface area (Å²) < 4.78 is 64.6. The predicted octanol–water partition coefficient (Wildman–Crippen LogP) is 8.18. The van der Waals surface area contributed by atoms with Crippen molar-refractivity contribution in [3.05, 3.63) is 148 Å². The molecule has 4 aromatic carbocycles. The number of aromatic amines is 1. The molecule has 504 valence electrons. The minimum Gasteiger partial charge on any atom is -0.497 e. The van der Waals surface area contributed by atoms with Crippen molar-refractivity contribution < 1.29 is 70.8 Å². The van der Waals surface area contributed by atoms with E-state index < -0.39 is 71.5 Å². The number of nitrogens with one attached hydrogen (secondary N) is 5. The van der Waals surface area contributed by atoms with E-state index in [2.05, 4.69) is 48.1 Å². The number of carbonyl (C=O) groups is 7. The molecule has 3 heterocycles. The Balaban J connectivity index is 0.772. The van der Waals surface area contributed by atoms with Gasteiger partial charge in [-0.15, -0.1) is 0 Å². The molecule has 6 N–H and O–H groups in total. The summed E-state index contributed by atoms with van der Waals surface area (Å²) in [5.74, 6) is -3.53. The van der Waals surface area contributed by atoms with E-state index >= 15 is 0 Å². The Kier molecular flexibility index (Phi) is 27.2. The van der Waals surface area contributed by atoms with Gasteiger partial charge in [-0.2, -0.15) is 18.2 Å². The number of aliphatic hydroxyl groups excluding tert-OH is 1. The molecule has 94 heavy (non-hydrogen) atoms. The van der Waals surface area contributed by atoms with Crippen molar-refractivity contribution >= 4 is 85.8 Å². The number of esters is 1. The van der Waals surface area contributed by atoms with Gasteiger partial charge in [0.15, 0.2) is 11.2 Å². The Morgan fingerprint density at radius 3 is 2.02 bits per heavy atom. The smallest absolute Gasteiger partial charge is 0.471 e. The van der Waals surface area contributed by atoms with Gasteiger partial charge in [0, 0.05) is 67.1 Å². The second-order valence-electron chi connectivity index (χ2n) is 22.7. The quantitative estimate of drug-likeness (QED) is 0.00960. The number of alkyl halides is 3. The van der Waals surface area contributed by atoms with Crippen molar-refractivity contribution in [2.75, 3.05) is 63.5 Å². The minimum absolute atomic E-state index is 0.0510. The van der Waals surface area contributed by atoms with Gasteiger partial charge >= 0.3 is 18.1 Å². The van der Waals surface area contributed by atoms with Crippen LogP contribution >= 0.6 is 21.6 Å². The Labute approximate surface area is 550 Å². The summed E-state index contributed by atoms with van der Waals surface area (Å²) in [5, 5.41) is 21.7. The number of rotatable bonds is 34. The highest BCUT2D eigenvalue weighted by atomic mass is 33.1. The first-order valence-corrected chi connectivity index (χ1v) is 33.1. The van der Waals surface area contributed by atoms with Crippen molar-refractivity contribution in [2.24, 2.45) is 5.92 Å². The molecular formula is C66H79F3N10O13S2. The number of carbonyl (C=O) groups excluding carboxylic acids is 7. The second kappa shape index (κ2) is 35.1. The number of aliphatic hydroxyl groups is 1. The molecule has 0 bridgehead atoms. The number of hydrogen-bond donors (Lipinski definition) is 6. The first-order chi connectivity index (χ1) is 45.0. The van der Waals surface area contributed by atoms with Gasteiger partial charge in [-0.25, -0.2) is 14.8 Å². The van der Waals surface area contributed by atoms with Gasteiger partial charge in [-0.3, -0.25) is 48.8 Å². The van der Waals surface area contributed by atoms with Gasteiger partial charge in [0.1, 0.15) is 23.1 Å².